The van der Waals surface area contributed by atoms with Crippen molar-refractivity contribution in [2.24, 2.45) is 0 Å². The van der Waals surface area contributed by atoms with E-state index in [0.717, 1.165) is 23.5 Å². The average molecular weight is 246 g/mol. The Kier molecular flexibility index (Phi) is 5.29. The van der Waals surface area contributed by atoms with Crippen LogP contribution in [-0.2, 0) is 6.61 Å². The highest BCUT2D eigenvalue weighted by Gasteiger charge is 2.06. The van der Waals surface area contributed by atoms with Gasteiger partial charge in [0.1, 0.15) is 0 Å². The number of hydrogen-bond donors (Lipinski definition) is 1. The number of nitrogens with zero attached hydrogens (tertiary/aromatic N) is 1. The van der Waals surface area contributed by atoms with E-state index in [0.29, 0.717) is 5.02 Å². The molecule has 2 nitrogen and oxygen atoms in total. The lowest BCUT2D eigenvalue weighted by Crippen LogP contribution is -2.21. The maximum atomic E-state index is 9.23. The first-order valence-corrected chi connectivity index (χ1v) is 6.55. The van der Waals surface area contributed by atoms with Crippen molar-refractivity contribution >= 4 is 29.1 Å². The smallest absolute Gasteiger partial charge is 0.0702 e. The zero-order valence-electron chi connectivity index (χ0n) is 9.03. The maximum Gasteiger partial charge on any atom is 0.0702 e. The fourth-order valence-electron chi connectivity index (χ4n) is 1.40. The third kappa shape index (κ3) is 3.59. The summed E-state index contributed by atoms with van der Waals surface area (Å²) in [6.07, 6.45) is 2.09. The molecule has 4 heteroatoms. The van der Waals surface area contributed by atoms with Gasteiger partial charge in [-0.25, -0.2) is 0 Å². The molecule has 1 N–H and O–H groups in total. The Labute approximate surface area is 100 Å². The summed E-state index contributed by atoms with van der Waals surface area (Å²) < 4.78 is 0. The van der Waals surface area contributed by atoms with Crippen LogP contribution < -0.4 is 4.90 Å². The topological polar surface area (TPSA) is 23.5 Å². The van der Waals surface area contributed by atoms with Gasteiger partial charge in [-0.05, 0) is 24.5 Å². The van der Waals surface area contributed by atoms with Gasteiger partial charge in [0.05, 0.1) is 6.61 Å². The zero-order valence-corrected chi connectivity index (χ0v) is 10.6. The van der Waals surface area contributed by atoms with Gasteiger partial charge in [-0.3, -0.25) is 0 Å². The molecule has 0 bridgehead atoms. The van der Waals surface area contributed by atoms with Crippen molar-refractivity contribution in [1.29, 1.82) is 0 Å². The number of anilines is 1. The normalized spacial score (nSPS) is 10.4. The number of aliphatic hydroxyl groups is 1. The van der Waals surface area contributed by atoms with Crippen molar-refractivity contribution in [2.75, 3.05) is 30.5 Å². The fourth-order valence-corrected chi connectivity index (χ4v) is 2.05. The Morgan fingerprint density at radius 1 is 1.47 bits per heavy atom. The molecule has 1 aromatic carbocycles. The first kappa shape index (κ1) is 12.7. The lowest BCUT2D eigenvalue weighted by Gasteiger charge is -2.21. The molecule has 0 unspecified atom stereocenters. The zero-order chi connectivity index (χ0) is 11.3. The van der Waals surface area contributed by atoms with Crippen LogP contribution in [0.2, 0.25) is 5.02 Å². The Morgan fingerprint density at radius 2 is 2.20 bits per heavy atom. The van der Waals surface area contributed by atoms with Crippen LogP contribution in [0.1, 0.15) is 5.56 Å². The number of aliphatic hydroxyl groups excluding tert-OH is 1. The second-order valence-electron chi connectivity index (χ2n) is 3.35. The van der Waals surface area contributed by atoms with Crippen LogP contribution in [-0.4, -0.2) is 30.7 Å². The summed E-state index contributed by atoms with van der Waals surface area (Å²) in [6.45, 7) is 0.995. The van der Waals surface area contributed by atoms with Crippen molar-refractivity contribution in [3.63, 3.8) is 0 Å². The van der Waals surface area contributed by atoms with Crippen molar-refractivity contribution < 1.29 is 5.11 Å². The molecule has 1 aromatic rings. The lowest BCUT2D eigenvalue weighted by atomic mass is 10.1. The van der Waals surface area contributed by atoms with Gasteiger partial charge < -0.3 is 10.0 Å². The van der Waals surface area contributed by atoms with E-state index >= 15 is 0 Å². The predicted molar refractivity (Wildman–Crippen MR) is 69.0 cm³/mol. The number of benzene rings is 1. The van der Waals surface area contributed by atoms with Gasteiger partial charge in [-0.15, -0.1) is 0 Å². The SMILES string of the molecule is CSCCN(C)c1ccc(Cl)cc1CO. The summed E-state index contributed by atoms with van der Waals surface area (Å²) in [5.74, 6) is 1.07. The molecule has 0 radical (unpaired) electrons. The molecule has 0 aliphatic rings. The largest absolute Gasteiger partial charge is 0.392 e. The second kappa shape index (κ2) is 6.26. The molecule has 0 atom stereocenters. The van der Waals surface area contributed by atoms with E-state index < -0.39 is 0 Å². The van der Waals surface area contributed by atoms with Crippen LogP contribution in [0.5, 0.6) is 0 Å². The number of rotatable bonds is 5. The highest BCUT2D eigenvalue weighted by molar-refractivity contribution is 7.98. The molecule has 1 rings (SSSR count). The van der Waals surface area contributed by atoms with Gasteiger partial charge in [-0.2, -0.15) is 11.8 Å². The van der Waals surface area contributed by atoms with Gasteiger partial charge in [0, 0.05) is 35.6 Å². The van der Waals surface area contributed by atoms with Crippen molar-refractivity contribution in [3.05, 3.63) is 28.8 Å². The molecular formula is C11H16ClNOS. The molecular weight excluding hydrogens is 230 g/mol. The fraction of sp³-hybridized carbons (Fsp3) is 0.455. The Balaban J connectivity index is 2.82. The van der Waals surface area contributed by atoms with Crippen LogP contribution in [0.4, 0.5) is 5.69 Å². The molecule has 0 amide bonds. The molecule has 84 valence electrons. The molecule has 0 aliphatic carbocycles. The summed E-state index contributed by atoms with van der Waals surface area (Å²) in [4.78, 5) is 2.14. The van der Waals surface area contributed by atoms with Crippen LogP contribution in [0.25, 0.3) is 0 Å². The van der Waals surface area contributed by atoms with E-state index in [-0.39, 0.29) is 6.61 Å². The van der Waals surface area contributed by atoms with Gasteiger partial charge in [0.25, 0.3) is 0 Å². The van der Waals surface area contributed by atoms with Crippen LogP contribution in [0.3, 0.4) is 0 Å². The van der Waals surface area contributed by atoms with Crippen LogP contribution in [0, 0.1) is 0 Å². The molecule has 0 fully saturated rings. The summed E-state index contributed by atoms with van der Waals surface area (Å²) in [7, 11) is 2.03. The minimum Gasteiger partial charge on any atom is -0.392 e. The first-order chi connectivity index (χ1) is 7.19. The summed E-state index contributed by atoms with van der Waals surface area (Å²) in [6, 6.07) is 5.62. The van der Waals surface area contributed by atoms with E-state index in [1.54, 1.807) is 0 Å². The van der Waals surface area contributed by atoms with E-state index in [4.69, 9.17) is 11.6 Å². The Morgan fingerprint density at radius 3 is 2.80 bits per heavy atom. The Hall–Kier alpha value is -0.380. The monoisotopic (exact) mass is 245 g/mol. The highest BCUT2D eigenvalue weighted by Crippen LogP contribution is 2.23. The minimum atomic E-state index is 0.0273. The van der Waals surface area contributed by atoms with Crippen LogP contribution >= 0.6 is 23.4 Å². The molecule has 0 spiro atoms. The Bertz CT molecular complexity index is 319. The van der Waals surface area contributed by atoms with Crippen molar-refractivity contribution in [3.8, 4) is 0 Å². The van der Waals surface area contributed by atoms with Gasteiger partial charge in [0.2, 0.25) is 0 Å². The summed E-state index contributed by atoms with van der Waals surface area (Å²) in [5, 5.41) is 9.89. The van der Waals surface area contributed by atoms with E-state index in [1.807, 2.05) is 37.0 Å². The van der Waals surface area contributed by atoms with Gasteiger partial charge >= 0.3 is 0 Å². The van der Waals surface area contributed by atoms with Crippen molar-refractivity contribution in [2.45, 2.75) is 6.61 Å². The highest BCUT2D eigenvalue weighted by atomic mass is 35.5. The van der Waals surface area contributed by atoms with E-state index in [1.165, 1.54) is 0 Å². The molecule has 0 aromatic heterocycles. The standard InChI is InChI=1S/C11H16ClNOS/c1-13(5-6-15-2)11-4-3-10(12)7-9(11)8-14/h3-4,7,14H,5-6,8H2,1-2H3. The summed E-state index contributed by atoms with van der Waals surface area (Å²) >= 11 is 7.68. The number of thioether (sulfide) groups is 1. The minimum absolute atomic E-state index is 0.0273. The summed E-state index contributed by atoms with van der Waals surface area (Å²) in [5.41, 5.74) is 1.93. The number of halogens is 1. The average Bonchev–Trinajstić information content (AvgIpc) is 2.25. The maximum absolute atomic E-state index is 9.23. The van der Waals surface area contributed by atoms with Crippen molar-refractivity contribution in [1.82, 2.24) is 0 Å². The van der Waals surface area contributed by atoms with E-state index in [2.05, 4.69) is 11.2 Å². The third-order valence-electron chi connectivity index (χ3n) is 2.25. The molecule has 0 saturated carbocycles. The van der Waals surface area contributed by atoms with Gasteiger partial charge in [0.15, 0.2) is 0 Å². The van der Waals surface area contributed by atoms with Gasteiger partial charge in [-0.1, -0.05) is 11.6 Å². The number of hydrogen-bond acceptors (Lipinski definition) is 3. The lowest BCUT2D eigenvalue weighted by molar-refractivity contribution is 0.282. The predicted octanol–water partition coefficient (Wildman–Crippen LogP) is 2.63. The first-order valence-electron chi connectivity index (χ1n) is 4.78. The quantitative estimate of drug-likeness (QED) is 0.863. The second-order valence-corrected chi connectivity index (χ2v) is 4.77. The third-order valence-corrected chi connectivity index (χ3v) is 3.08. The molecule has 0 saturated heterocycles. The van der Waals surface area contributed by atoms with E-state index in [9.17, 15) is 5.11 Å². The van der Waals surface area contributed by atoms with Crippen LogP contribution in [0.15, 0.2) is 18.2 Å². The molecule has 0 aliphatic heterocycles. The molecule has 0 heterocycles. The molecule has 15 heavy (non-hydrogen) atoms.